The van der Waals surface area contributed by atoms with Crippen molar-refractivity contribution in [1.29, 1.82) is 0 Å². The van der Waals surface area contributed by atoms with Crippen molar-refractivity contribution in [2.24, 2.45) is 0 Å². The van der Waals surface area contributed by atoms with Crippen LogP contribution in [-0.4, -0.2) is 25.4 Å². The molecule has 0 amide bonds. The molecule has 0 spiro atoms. The van der Waals surface area contributed by atoms with E-state index in [4.69, 9.17) is 14.0 Å². The summed E-state index contributed by atoms with van der Waals surface area (Å²) < 4.78 is 17.4. The fourth-order valence-corrected chi connectivity index (χ4v) is 2.32. The largest absolute Gasteiger partial charge is 0.486 e. The lowest BCUT2D eigenvalue weighted by atomic mass is 9.89. The molecule has 114 valence electrons. The molecule has 1 aliphatic heterocycles. The van der Waals surface area contributed by atoms with E-state index in [-0.39, 0.29) is 24.4 Å². The molecular formula is C17H25BO3. The molecule has 0 aliphatic carbocycles. The number of ether oxygens (including phenoxy) is 1. The highest BCUT2D eigenvalue weighted by Gasteiger charge is 2.49. The summed E-state index contributed by atoms with van der Waals surface area (Å²) in [6.45, 7) is 8.23. The summed E-state index contributed by atoms with van der Waals surface area (Å²) in [6, 6.07) is 10.2. The van der Waals surface area contributed by atoms with E-state index in [0.717, 1.165) is 6.42 Å². The van der Waals surface area contributed by atoms with Gasteiger partial charge in [-0.3, -0.25) is 0 Å². The minimum atomic E-state index is -0.290. The lowest BCUT2D eigenvalue weighted by Gasteiger charge is -2.32. The Kier molecular flexibility index (Phi) is 4.92. The minimum Gasteiger partial charge on any atom is -0.400 e. The zero-order chi connectivity index (χ0) is 15.5. The molecule has 21 heavy (non-hydrogen) atoms. The maximum Gasteiger partial charge on any atom is 0.486 e. The molecule has 0 saturated carbocycles. The van der Waals surface area contributed by atoms with E-state index in [1.165, 1.54) is 5.56 Å². The van der Waals surface area contributed by atoms with Crippen molar-refractivity contribution in [3.05, 3.63) is 47.9 Å². The maximum atomic E-state index is 5.94. The quantitative estimate of drug-likeness (QED) is 0.768. The third-order valence-corrected chi connectivity index (χ3v) is 4.37. The van der Waals surface area contributed by atoms with Crippen LogP contribution in [0.1, 0.15) is 45.8 Å². The van der Waals surface area contributed by atoms with E-state index in [1.807, 2.05) is 24.2 Å². The lowest BCUT2D eigenvalue weighted by molar-refractivity contribution is 0.00578. The Morgan fingerprint density at radius 3 is 2.19 bits per heavy atom. The summed E-state index contributed by atoms with van der Waals surface area (Å²) in [5.41, 5.74) is 0.600. The third kappa shape index (κ3) is 3.76. The molecule has 4 heteroatoms. The molecule has 1 heterocycles. The van der Waals surface area contributed by atoms with Crippen molar-refractivity contribution in [2.45, 2.75) is 51.4 Å². The number of benzene rings is 1. The van der Waals surface area contributed by atoms with Gasteiger partial charge in [-0.15, -0.1) is 0 Å². The Hall–Kier alpha value is -1.10. The van der Waals surface area contributed by atoms with Gasteiger partial charge in [0.25, 0.3) is 0 Å². The van der Waals surface area contributed by atoms with Gasteiger partial charge in [0.15, 0.2) is 0 Å². The van der Waals surface area contributed by atoms with Gasteiger partial charge >= 0.3 is 7.12 Å². The SMILES string of the molecule is CO[C@H](C/C=C/B1OC(C)(C)C(C)(C)O1)c1ccccc1. The molecule has 1 saturated heterocycles. The van der Waals surface area contributed by atoms with E-state index in [2.05, 4.69) is 45.9 Å². The van der Waals surface area contributed by atoms with Crippen LogP contribution in [-0.2, 0) is 14.0 Å². The predicted octanol–water partition coefficient (Wildman–Crippen LogP) is 3.95. The standard InChI is InChI=1S/C17H25BO3/c1-16(2)17(3,4)21-18(20-16)13-9-12-15(19-5)14-10-7-6-8-11-14/h6-11,13,15H,12H2,1-5H3/b13-9+/t15-/m1/s1. The van der Waals surface area contributed by atoms with Gasteiger partial charge in [-0.25, -0.2) is 0 Å². The summed E-state index contributed by atoms with van der Waals surface area (Å²) >= 11 is 0. The van der Waals surface area contributed by atoms with Crippen LogP contribution < -0.4 is 0 Å². The van der Waals surface area contributed by atoms with Crippen LogP contribution in [0.4, 0.5) is 0 Å². The van der Waals surface area contributed by atoms with Gasteiger partial charge in [0, 0.05) is 7.11 Å². The molecule has 2 rings (SSSR count). The molecule has 1 aromatic rings. The monoisotopic (exact) mass is 288 g/mol. The summed E-state index contributed by atoms with van der Waals surface area (Å²) in [6.07, 6.45) is 2.93. The second kappa shape index (κ2) is 6.35. The topological polar surface area (TPSA) is 27.7 Å². The Morgan fingerprint density at radius 2 is 1.67 bits per heavy atom. The Bertz CT molecular complexity index is 466. The average molecular weight is 288 g/mol. The lowest BCUT2D eigenvalue weighted by Crippen LogP contribution is -2.41. The molecule has 0 N–H and O–H groups in total. The van der Waals surface area contributed by atoms with Crippen LogP contribution in [0.15, 0.2) is 42.4 Å². The number of hydrogen-bond acceptors (Lipinski definition) is 3. The van der Waals surface area contributed by atoms with Crippen molar-refractivity contribution in [1.82, 2.24) is 0 Å². The van der Waals surface area contributed by atoms with Crippen molar-refractivity contribution in [2.75, 3.05) is 7.11 Å². The fraction of sp³-hybridized carbons (Fsp3) is 0.529. The van der Waals surface area contributed by atoms with Gasteiger partial charge in [0.2, 0.25) is 0 Å². The van der Waals surface area contributed by atoms with Gasteiger partial charge < -0.3 is 14.0 Å². The fourth-order valence-electron chi connectivity index (χ4n) is 2.32. The average Bonchev–Trinajstić information content (AvgIpc) is 2.64. The van der Waals surface area contributed by atoms with Crippen LogP contribution >= 0.6 is 0 Å². The van der Waals surface area contributed by atoms with Crippen LogP contribution in [0.2, 0.25) is 0 Å². The molecule has 0 unspecified atom stereocenters. The Labute approximate surface area is 128 Å². The first kappa shape index (κ1) is 16.3. The molecule has 0 bridgehead atoms. The second-order valence-electron chi connectivity index (χ2n) is 6.42. The molecule has 1 atom stereocenters. The van der Waals surface area contributed by atoms with E-state index in [9.17, 15) is 0 Å². The van der Waals surface area contributed by atoms with Crippen LogP contribution in [0, 0.1) is 0 Å². The van der Waals surface area contributed by atoms with Gasteiger partial charge in [0.1, 0.15) is 0 Å². The van der Waals surface area contributed by atoms with Crippen LogP contribution in [0.25, 0.3) is 0 Å². The van der Waals surface area contributed by atoms with Crippen molar-refractivity contribution < 1.29 is 14.0 Å². The first-order chi connectivity index (χ1) is 9.86. The molecule has 3 nitrogen and oxygen atoms in total. The Morgan fingerprint density at radius 1 is 1.10 bits per heavy atom. The normalized spacial score (nSPS) is 21.9. The summed E-state index contributed by atoms with van der Waals surface area (Å²) in [7, 11) is 1.45. The van der Waals surface area contributed by atoms with Crippen LogP contribution in [0.3, 0.4) is 0 Å². The maximum absolute atomic E-state index is 5.94. The molecular weight excluding hydrogens is 263 g/mol. The van der Waals surface area contributed by atoms with Gasteiger partial charge in [-0.1, -0.05) is 42.4 Å². The van der Waals surface area contributed by atoms with Crippen molar-refractivity contribution >= 4 is 7.12 Å². The van der Waals surface area contributed by atoms with E-state index < -0.39 is 0 Å². The van der Waals surface area contributed by atoms with Gasteiger partial charge in [-0.2, -0.15) is 0 Å². The second-order valence-corrected chi connectivity index (χ2v) is 6.42. The Balaban J connectivity index is 1.94. The van der Waals surface area contributed by atoms with E-state index in [0.29, 0.717) is 0 Å². The first-order valence-electron chi connectivity index (χ1n) is 7.46. The number of hydrogen-bond donors (Lipinski definition) is 0. The summed E-state index contributed by atoms with van der Waals surface area (Å²) in [4.78, 5) is 0. The molecule has 0 aromatic heterocycles. The molecule has 1 fully saturated rings. The summed E-state index contributed by atoms with van der Waals surface area (Å²) in [5, 5.41) is 0. The highest BCUT2D eigenvalue weighted by atomic mass is 16.7. The smallest absolute Gasteiger partial charge is 0.400 e. The molecule has 0 radical (unpaired) electrons. The number of rotatable bonds is 5. The number of methoxy groups -OCH3 is 1. The van der Waals surface area contributed by atoms with Gasteiger partial charge in [-0.05, 0) is 39.7 Å². The van der Waals surface area contributed by atoms with Crippen LogP contribution in [0.5, 0.6) is 0 Å². The molecule has 1 aliphatic rings. The van der Waals surface area contributed by atoms with Crippen molar-refractivity contribution in [3.8, 4) is 0 Å². The molecule has 1 aromatic carbocycles. The third-order valence-electron chi connectivity index (χ3n) is 4.37. The van der Waals surface area contributed by atoms with Crippen molar-refractivity contribution in [3.63, 3.8) is 0 Å². The highest BCUT2D eigenvalue weighted by Crippen LogP contribution is 2.37. The zero-order valence-electron chi connectivity index (χ0n) is 13.6. The summed E-state index contributed by atoms with van der Waals surface area (Å²) in [5.74, 6) is 1.98. The first-order valence-corrected chi connectivity index (χ1v) is 7.46. The zero-order valence-corrected chi connectivity index (χ0v) is 13.6. The highest BCUT2D eigenvalue weighted by molar-refractivity contribution is 6.51. The predicted molar refractivity (Wildman–Crippen MR) is 86.0 cm³/mol. The van der Waals surface area contributed by atoms with E-state index in [1.54, 1.807) is 7.11 Å². The van der Waals surface area contributed by atoms with Gasteiger partial charge in [0.05, 0.1) is 17.3 Å². The van der Waals surface area contributed by atoms with E-state index >= 15 is 0 Å². The minimum absolute atomic E-state index is 0.0601.